The van der Waals surface area contributed by atoms with E-state index in [1.54, 1.807) is 13.0 Å². The Morgan fingerprint density at radius 1 is 1.14 bits per heavy atom. The third kappa shape index (κ3) is 5.10. The summed E-state index contributed by atoms with van der Waals surface area (Å²) in [7, 11) is 1.33. The van der Waals surface area contributed by atoms with Crippen LogP contribution in [0, 0.1) is 5.82 Å². The van der Waals surface area contributed by atoms with E-state index in [2.05, 4.69) is 15.3 Å². The standard InChI is InChI=1S/C29H26F4N4O5/c1-27(34)14-42-25-20(27)11-22(37-24(25)15-3-6-18(30)7-4-15)28(40,29(31,32)33)13-35-26(39)17-9-16-5-8-19(12-38)36-23(16)21(10-17)41-2/h3-11,38,40H,12-14,34H2,1-2H3,(H,35,39)/t27-,28-/m1/s1. The number of nitrogens with two attached hydrogens (primary N) is 1. The molecule has 0 saturated carbocycles. The minimum absolute atomic E-state index is 0.0562. The van der Waals surface area contributed by atoms with Crippen LogP contribution in [0.3, 0.4) is 0 Å². The largest absolute Gasteiger partial charge is 0.494 e. The van der Waals surface area contributed by atoms with Crippen LogP contribution in [0.4, 0.5) is 17.6 Å². The molecule has 0 spiro atoms. The first-order valence-corrected chi connectivity index (χ1v) is 12.7. The fourth-order valence-corrected chi connectivity index (χ4v) is 4.68. The summed E-state index contributed by atoms with van der Waals surface area (Å²) < 4.78 is 68.3. The molecule has 5 N–H and O–H groups in total. The zero-order valence-electron chi connectivity index (χ0n) is 22.4. The zero-order chi connectivity index (χ0) is 30.4. The smallest absolute Gasteiger partial charge is 0.424 e. The number of carbonyl (C=O) groups excluding carboxylic acids is 1. The normalized spacial score (nSPS) is 17.8. The summed E-state index contributed by atoms with van der Waals surface area (Å²) in [6, 6.07) is 11.7. The van der Waals surface area contributed by atoms with Gasteiger partial charge in [-0.1, -0.05) is 6.07 Å². The summed E-state index contributed by atoms with van der Waals surface area (Å²) in [5.41, 5.74) is 1.57. The fraction of sp³-hybridized carbons (Fsp3) is 0.276. The highest BCUT2D eigenvalue weighted by atomic mass is 19.4. The lowest BCUT2D eigenvalue weighted by Gasteiger charge is -2.31. The van der Waals surface area contributed by atoms with Crippen molar-refractivity contribution in [2.75, 3.05) is 20.3 Å². The molecule has 220 valence electrons. The maximum absolute atomic E-state index is 14.6. The molecule has 2 aromatic carbocycles. The molecule has 3 heterocycles. The van der Waals surface area contributed by atoms with E-state index in [0.717, 1.165) is 18.2 Å². The van der Waals surface area contributed by atoms with Crippen LogP contribution in [0.25, 0.3) is 22.2 Å². The predicted molar refractivity (Wildman–Crippen MR) is 143 cm³/mol. The highest BCUT2D eigenvalue weighted by Gasteiger charge is 2.57. The van der Waals surface area contributed by atoms with E-state index in [1.165, 1.54) is 37.4 Å². The van der Waals surface area contributed by atoms with Crippen LogP contribution in [0.5, 0.6) is 11.5 Å². The molecular weight excluding hydrogens is 560 g/mol. The van der Waals surface area contributed by atoms with Crippen molar-refractivity contribution in [2.45, 2.75) is 30.8 Å². The number of nitrogens with zero attached hydrogens (tertiary/aromatic N) is 2. The van der Waals surface area contributed by atoms with Crippen molar-refractivity contribution in [2.24, 2.45) is 5.73 Å². The van der Waals surface area contributed by atoms with E-state index < -0.39 is 41.3 Å². The molecule has 9 nitrogen and oxygen atoms in total. The van der Waals surface area contributed by atoms with E-state index in [9.17, 15) is 32.6 Å². The molecule has 2 atom stereocenters. The van der Waals surface area contributed by atoms with Gasteiger partial charge in [-0.2, -0.15) is 13.2 Å². The van der Waals surface area contributed by atoms with Gasteiger partial charge in [0.25, 0.3) is 5.91 Å². The van der Waals surface area contributed by atoms with Gasteiger partial charge in [-0.15, -0.1) is 0 Å². The minimum atomic E-state index is -5.29. The molecule has 0 radical (unpaired) electrons. The van der Waals surface area contributed by atoms with Crippen molar-refractivity contribution in [3.05, 3.63) is 82.9 Å². The van der Waals surface area contributed by atoms with Crippen LogP contribution in [-0.4, -0.2) is 52.5 Å². The van der Waals surface area contributed by atoms with Gasteiger partial charge in [0.2, 0.25) is 5.60 Å². The topological polar surface area (TPSA) is 140 Å². The third-order valence-electron chi connectivity index (χ3n) is 7.08. The van der Waals surface area contributed by atoms with Crippen molar-refractivity contribution in [1.82, 2.24) is 15.3 Å². The second-order valence-electron chi connectivity index (χ2n) is 10.2. The van der Waals surface area contributed by atoms with Gasteiger partial charge in [-0.3, -0.25) is 4.79 Å². The second-order valence-corrected chi connectivity index (χ2v) is 10.2. The van der Waals surface area contributed by atoms with Gasteiger partial charge in [0.1, 0.15) is 29.4 Å². The SMILES string of the molecule is COc1cc(C(=O)NC[C@@](O)(c2cc3c(c(-c4ccc(F)cc4)n2)OC[C@@]3(C)N)C(F)(F)F)cc2ccc(CO)nc12. The Kier molecular flexibility index (Phi) is 7.29. The lowest BCUT2D eigenvalue weighted by atomic mass is 9.89. The number of alkyl halides is 3. The van der Waals surface area contributed by atoms with Crippen LogP contribution in [0.2, 0.25) is 0 Å². The number of methoxy groups -OCH3 is 1. The monoisotopic (exact) mass is 586 g/mol. The Bertz CT molecular complexity index is 1680. The molecule has 2 aromatic heterocycles. The molecule has 42 heavy (non-hydrogen) atoms. The van der Waals surface area contributed by atoms with E-state index in [1.807, 2.05) is 0 Å². The van der Waals surface area contributed by atoms with Gasteiger partial charge >= 0.3 is 6.18 Å². The van der Waals surface area contributed by atoms with Crippen LogP contribution in [0.15, 0.2) is 54.6 Å². The number of ether oxygens (including phenoxy) is 2. The first kappa shape index (κ1) is 29.2. The molecule has 1 aliphatic heterocycles. The quantitative estimate of drug-likeness (QED) is 0.241. The number of aliphatic hydroxyl groups is 2. The number of nitrogens with one attached hydrogen (secondary N) is 1. The molecule has 0 aliphatic carbocycles. The Labute approximate surface area is 236 Å². The van der Waals surface area contributed by atoms with Gasteiger partial charge in [0.05, 0.1) is 37.2 Å². The maximum Gasteiger partial charge on any atom is 0.424 e. The van der Waals surface area contributed by atoms with Crippen LogP contribution < -0.4 is 20.5 Å². The van der Waals surface area contributed by atoms with Crippen LogP contribution in [-0.2, 0) is 17.7 Å². The lowest BCUT2D eigenvalue weighted by Crippen LogP contribution is -2.51. The van der Waals surface area contributed by atoms with Crippen molar-refractivity contribution >= 4 is 16.8 Å². The van der Waals surface area contributed by atoms with Crippen molar-refractivity contribution in [1.29, 1.82) is 0 Å². The second kappa shape index (κ2) is 10.5. The summed E-state index contributed by atoms with van der Waals surface area (Å²) in [6.45, 7) is -0.140. The van der Waals surface area contributed by atoms with Gasteiger partial charge < -0.3 is 30.7 Å². The predicted octanol–water partition coefficient (Wildman–Crippen LogP) is 3.68. The van der Waals surface area contributed by atoms with Gasteiger partial charge in [-0.25, -0.2) is 14.4 Å². The van der Waals surface area contributed by atoms with Gasteiger partial charge in [-0.05, 0) is 55.5 Å². The number of hydrogen-bond acceptors (Lipinski definition) is 8. The highest BCUT2D eigenvalue weighted by molar-refractivity contribution is 6.00. The molecule has 0 fully saturated rings. The number of pyridine rings is 2. The Morgan fingerprint density at radius 2 is 1.86 bits per heavy atom. The van der Waals surface area contributed by atoms with E-state index in [4.69, 9.17) is 15.2 Å². The highest BCUT2D eigenvalue weighted by Crippen LogP contribution is 2.46. The molecular formula is C29H26F4N4O5. The Morgan fingerprint density at radius 3 is 2.50 bits per heavy atom. The molecule has 0 bridgehead atoms. The number of amides is 1. The van der Waals surface area contributed by atoms with Crippen LogP contribution >= 0.6 is 0 Å². The number of aromatic nitrogens is 2. The first-order valence-electron chi connectivity index (χ1n) is 12.7. The van der Waals surface area contributed by atoms with E-state index in [0.29, 0.717) is 16.6 Å². The summed E-state index contributed by atoms with van der Waals surface area (Å²) >= 11 is 0. The number of halogens is 4. The molecule has 13 heteroatoms. The molecule has 0 unspecified atom stereocenters. The maximum atomic E-state index is 14.6. The molecule has 1 amide bonds. The zero-order valence-corrected chi connectivity index (χ0v) is 22.4. The number of rotatable bonds is 7. The lowest BCUT2D eigenvalue weighted by molar-refractivity contribution is -0.265. The summed E-state index contributed by atoms with van der Waals surface area (Å²) in [4.78, 5) is 21.5. The summed E-state index contributed by atoms with van der Waals surface area (Å²) in [6.07, 6.45) is -5.29. The number of carbonyl (C=O) groups is 1. The number of aliphatic hydroxyl groups excluding tert-OH is 1. The average Bonchev–Trinajstić information content (AvgIpc) is 3.28. The Hall–Kier alpha value is -4.33. The van der Waals surface area contributed by atoms with Crippen LogP contribution in [0.1, 0.15) is 34.2 Å². The summed E-state index contributed by atoms with van der Waals surface area (Å²) in [5, 5.41) is 23.1. The van der Waals surface area contributed by atoms with Gasteiger partial charge in [0, 0.05) is 22.1 Å². The molecule has 5 rings (SSSR count). The van der Waals surface area contributed by atoms with Crippen molar-refractivity contribution in [3.63, 3.8) is 0 Å². The first-order chi connectivity index (χ1) is 19.8. The van der Waals surface area contributed by atoms with Gasteiger partial charge in [0.15, 0.2) is 5.75 Å². The Balaban J connectivity index is 1.54. The molecule has 1 aliphatic rings. The molecule has 0 saturated heterocycles. The van der Waals surface area contributed by atoms with E-state index in [-0.39, 0.29) is 47.1 Å². The number of hydrogen-bond donors (Lipinski definition) is 4. The molecule has 4 aromatic rings. The minimum Gasteiger partial charge on any atom is -0.494 e. The fourth-order valence-electron chi connectivity index (χ4n) is 4.68. The number of benzene rings is 2. The number of fused-ring (bicyclic) bond motifs is 2. The van der Waals surface area contributed by atoms with Crippen molar-refractivity contribution < 1.29 is 42.0 Å². The van der Waals surface area contributed by atoms with Crippen molar-refractivity contribution in [3.8, 4) is 22.8 Å². The summed E-state index contributed by atoms with van der Waals surface area (Å²) in [5.74, 6) is -1.23. The van der Waals surface area contributed by atoms with E-state index >= 15 is 0 Å². The average molecular weight is 587 g/mol. The third-order valence-corrected chi connectivity index (χ3v) is 7.08.